The largest absolute Gasteiger partial charge is 0.476 e. The number of carbonyl (C=O) groups is 1. The Kier molecular flexibility index (Phi) is 6.06. The summed E-state index contributed by atoms with van der Waals surface area (Å²) in [7, 11) is 0. The average molecular weight is 416 g/mol. The molecule has 5 nitrogen and oxygen atoms in total. The molecule has 0 aliphatic rings. The van der Waals surface area contributed by atoms with Crippen LogP contribution in [0.1, 0.15) is 25.0 Å². The number of ether oxygens (including phenoxy) is 1. The molecule has 0 N–H and O–H groups in total. The van der Waals surface area contributed by atoms with Crippen molar-refractivity contribution in [3.8, 4) is 17.9 Å². The van der Waals surface area contributed by atoms with Crippen molar-refractivity contribution in [2.45, 2.75) is 19.4 Å². The second-order valence-corrected chi connectivity index (χ2v) is 7.35. The van der Waals surface area contributed by atoms with E-state index in [0.29, 0.717) is 33.3 Å². The van der Waals surface area contributed by atoms with Gasteiger partial charge in [0, 0.05) is 0 Å². The number of anilines is 2. The van der Waals surface area contributed by atoms with Crippen molar-refractivity contribution >= 4 is 28.9 Å². The molecule has 6 heteroatoms. The van der Waals surface area contributed by atoms with Crippen LogP contribution in [-0.4, -0.2) is 11.5 Å². The summed E-state index contributed by atoms with van der Waals surface area (Å²) in [6.07, 6.45) is 0. The first-order valence-electron chi connectivity index (χ1n) is 9.15. The molecule has 30 heavy (non-hydrogen) atoms. The van der Waals surface area contributed by atoms with Gasteiger partial charge < -0.3 is 4.74 Å². The Labute approximate surface area is 180 Å². The summed E-state index contributed by atoms with van der Waals surface area (Å²) in [4.78, 5) is 15.1. The molecule has 148 valence electrons. The van der Waals surface area contributed by atoms with Gasteiger partial charge in [0.1, 0.15) is 17.9 Å². The molecule has 0 heterocycles. The summed E-state index contributed by atoms with van der Waals surface area (Å²) in [6, 6.07) is 24.5. The molecule has 1 amide bonds. The Balaban J connectivity index is 2.15. The summed E-state index contributed by atoms with van der Waals surface area (Å²) in [6.45, 7) is 3.24. The Morgan fingerprint density at radius 2 is 1.33 bits per heavy atom. The highest BCUT2D eigenvalue weighted by atomic mass is 35.5. The van der Waals surface area contributed by atoms with Crippen LogP contribution in [0.4, 0.5) is 11.4 Å². The van der Waals surface area contributed by atoms with Crippen LogP contribution in [0.5, 0.6) is 5.75 Å². The molecule has 0 bridgehead atoms. The van der Waals surface area contributed by atoms with Gasteiger partial charge in [-0.25, -0.2) is 0 Å². The first kappa shape index (κ1) is 20.9. The van der Waals surface area contributed by atoms with Crippen molar-refractivity contribution in [2.75, 3.05) is 4.90 Å². The zero-order valence-corrected chi connectivity index (χ0v) is 17.2. The second-order valence-electron chi connectivity index (χ2n) is 6.94. The highest BCUT2D eigenvalue weighted by Gasteiger charge is 2.38. The summed E-state index contributed by atoms with van der Waals surface area (Å²) >= 11 is 6.21. The molecular formula is C24H18ClN3O2. The molecule has 0 unspecified atom stereocenters. The molecule has 0 saturated carbocycles. The first-order chi connectivity index (χ1) is 14.4. The summed E-state index contributed by atoms with van der Waals surface area (Å²) in [5.74, 6) is -0.0903. The van der Waals surface area contributed by atoms with Gasteiger partial charge in [-0.2, -0.15) is 10.5 Å². The minimum Gasteiger partial charge on any atom is -0.476 e. The lowest BCUT2D eigenvalue weighted by atomic mass is 10.0. The average Bonchev–Trinajstić information content (AvgIpc) is 2.76. The van der Waals surface area contributed by atoms with Crippen LogP contribution in [0.2, 0.25) is 5.02 Å². The third kappa shape index (κ3) is 4.12. The van der Waals surface area contributed by atoms with Gasteiger partial charge in [-0.3, -0.25) is 9.69 Å². The zero-order chi connectivity index (χ0) is 21.7. The number of hydrogen-bond acceptors (Lipinski definition) is 4. The quantitative estimate of drug-likeness (QED) is 0.543. The number of halogens is 1. The van der Waals surface area contributed by atoms with Crippen molar-refractivity contribution in [1.29, 1.82) is 10.5 Å². The van der Waals surface area contributed by atoms with Gasteiger partial charge in [-0.05, 0) is 50.2 Å². The van der Waals surface area contributed by atoms with Gasteiger partial charge in [0.2, 0.25) is 0 Å². The second kappa shape index (κ2) is 8.69. The standard InChI is InChI=1S/C24H18ClN3O2/c1-24(2,30-22-14-8-5-11-19(22)25)23(29)28(20-12-6-3-9-17(20)15-26)21-13-7-4-10-18(21)16-27/h3-14H,1-2H3. The fraction of sp³-hybridized carbons (Fsp3) is 0.125. The van der Waals surface area contributed by atoms with Crippen molar-refractivity contribution in [2.24, 2.45) is 0 Å². The SMILES string of the molecule is CC(C)(Oc1ccccc1Cl)C(=O)N(c1ccccc1C#N)c1ccccc1C#N. The Morgan fingerprint density at radius 1 is 0.867 bits per heavy atom. The van der Waals surface area contributed by atoms with Crippen molar-refractivity contribution in [3.05, 3.63) is 88.9 Å². The monoisotopic (exact) mass is 415 g/mol. The van der Waals surface area contributed by atoms with Crippen LogP contribution in [0.25, 0.3) is 0 Å². The van der Waals surface area contributed by atoms with Crippen LogP contribution < -0.4 is 9.64 Å². The van der Waals surface area contributed by atoms with Gasteiger partial charge in [0.05, 0.1) is 27.5 Å². The zero-order valence-electron chi connectivity index (χ0n) is 16.5. The predicted molar refractivity (Wildman–Crippen MR) is 116 cm³/mol. The lowest BCUT2D eigenvalue weighted by molar-refractivity contribution is -0.130. The molecule has 0 fully saturated rings. The number of nitrogens with zero attached hydrogens (tertiary/aromatic N) is 3. The van der Waals surface area contributed by atoms with E-state index in [0.717, 1.165) is 0 Å². The fourth-order valence-corrected chi connectivity index (χ4v) is 3.16. The number of hydrogen-bond donors (Lipinski definition) is 0. The molecule has 0 atom stereocenters. The number of para-hydroxylation sites is 3. The maximum atomic E-state index is 13.8. The highest BCUT2D eigenvalue weighted by molar-refractivity contribution is 6.32. The number of benzene rings is 3. The van der Waals surface area contributed by atoms with E-state index in [-0.39, 0.29) is 0 Å². The summed E-state index contributed by atoms with van der Waals surface area (Å²) in [5.41, 5.74) is -0.0257. The topological polar surface area (TPSA) is 77.1 Å². The van der Waals surface area contributed by atoms with Crippen LogP contribution in [0, 0.1) is 22.7 Å². The Hall–Kier alpha value is -3.80. The highest BCUT2D eigenvalue weighted by Crippen LogP contribution is 2.35. The molecule has 3 rings (SSSR count). The molecule has 0 saturated heterocycles. The smallest absolute Gasteiger partial charge is 0.275 e. The molecule has 3 aromatic carbocycles. The number of amides is 1. The van der Waals surface area contributed by atoms with E-state index in [1.807, 2.05) is 0 Å². The molecule has 3 aromatic rings. The van der Waals surface area contributed by atoms with Gasteiger partial charge in [-0.15, -0.1) is 0 Å². The Morgan fingerprint density at radius 3 is 1.83 bits per heavy atom. The third-order valence-electron chi connectivity index (χ3n) is 4.45. The van der Waals surface area contributed by atoms with E-state index in [9.17, 15) is 15.3 Å². The molecule has 0 aliphatic heterocycles. The lowest BCUT2D eigenvalue weighted by Crippen LogP contribution is -2.47. The van der Waals surface area contributed by atoms with E-state index in [1.165, 1.54) is 4.90 Å². The molecule has 0 aliphatic carbocycles. The summed E-state index contributed by atoms with van der Waals surface area (Å²) in [5, 5.41) is 19.6. The third-order valence-corrected chi connectivity index (χ3v) is 4.76. The van der Waals surface area contributed by atoms with Crippen LogP contribution in [-0.2, 0) is 4.79 Å². The van der Waals surface area contributed by atoms with Crippen molar-refractivity contribution in [3.63, 3.8) is 0 Å². The van der Waals surface area contributed by atoms with Crippen LogP contribution in [0.3, 0.4) is 0 Å². The van der Waals surface area contributed by atoms with Crippen molar-refractivity contribution < 1.29 is 9.53 Å². The minimum absolute atomic E-state index is 0.298. The molecule has 0 radical (unpaired) electrons. The Bertz CT molecular complexity index is 1120. The maximum absolute atomic E-state index is 13.8. The number of carbonyl (C=O) groups excluding carboxylic acids is 1. The van der Waals surface area contributed by atoms with E-state index in [1.54, 1.807) is 86.6 Å². The van der Waals surface area contributed by atoms with E-state index in [4.69, 9.17) is 16.3 Å². The van der Waals surface area contributed by atoms with Crippen molar-refractivity contribution in [1.82, 2.24) is 0 Å². The first-order valence-corrected chi connectivity index (χ1v) is 9.53. The fourth-order valence-electron chi connectivity index (χ4n) is 2.99. The number of nitriles is 2. The molecule has 0 spiro atoms. The van der Waals surface area contributed by atoms with Crippen LogP contribution in [0.15, 0.2) is 72.8 Å². The lowest BCUT2D eigenvalue weighted by Gasteiger charge is -2.33. The van der Waals surface area contributed by atoms with E-state index in [2.05, 4.69) is 12.1 Å². The van der Waals surface area contributed by atoms with E-state index < -0.39 is 11.5 Å². The minimum atomic E-state index is -1.35. The van der Waals surface area contributed by atoms with Crippen LogP contribution >= 0.6 is 11.6 Å². The predicted octanol–water partition coefficient (Wildman–Crippen LogP) is 5.61. The van der Waals surface area contributed by atoms with E-state index >= 15 is 0 Å². The van der Waals surface area contributed by atoms with Gasteiger partial charge in [0.25, 0.3) is 5.91 Å². The van der Waals surface area contributed by atoms with Gasteiger partial charge in [-0.1, -0.05) is 48.0 Å². The number of rotatable bonds is 5. The maximum Gasteiger partial charge on any atom is 0.275 e. The molecular weight excluding hydrogens is 398 g/mol. The van der Waals surface area contributed by atoms with Gasteiger partial charge >= 0.3 is 0 Å². The molecule has 0 aromatic heterocycles. The normalized spacial score (nSPS) is 10.6. The van der Waals surface area contributed by atoms with Gasteiger partial charge in [0.15, 0.2) is 5.60 Å². The summed E-state index contributed by atoms with van der Waals surface area (Å²) < 4.78 is 5.98.